The molecular weight excluding hydrogens is 374 g/mol. The molecule has 3 rings (SSSR count). The lowest BCUT2D eigenvalue weighted by Gasteiger charge is -2.32. The fourth-order valence-corrected chi connectivity index (χ4v) is 3.46. The highest BCUT2D eigenvalue weighted by Crippen LogP contribution is 2.33. The molecule has 24 heavy (non-hydrogen) atoms. The fourth-order valence-electron chi connectivity index (χ4n) is 2.86. The second kappa shape index (κ2) is 6.33. The molecule has 0 saturated carbocycles. The average Bonchev–Trinajstić information content (AvgIpc) is 2.85. The summed E-state index contributed by atoms with van der Waals surface area (Å²) >= 11 is 3.54. The lowest BCUT2D eigenvalue weighted by atomic mass is 9.96. The Hall–Kier alpha value is -1.67. The smallest absolute Gasteiger partial charge is 0.330 e. The molecular formula is C16H22BrN5O2. The number of rotatable bonds is 2. The number of carbonyl (C=O) groups excluding carboxylic acids is 1. The van der Waals surface area contributed by atoms with Crippen molar-refractivity contribution in [1.82, 2.24) is 19.7 Å². The molecule has 7 nitrogen and oxygen atoms in total. The maximum atomic E-state index is 12.1. The molecule has 0 aromatic carbocycles. The second-order valence-electron chi connectivity index (χ2n) is 7.18. The van der Waals surface area contributed by atoms with Crippen LogP contribution in [-0.4, -0.2) is 38.7 Å². The third-order valence-electron chi connectivity index (χ3n) is 4.19. The number of aromatic nitrogens is 3. The van der Waals surface area contributed by atoms with Gasteiger partial charge in [0, 0.05) is 29.2 Å². The van der Waals surface area contributed by atoms with Crippen LogP contribution in [0.4, 0.5) is 5.82 Å². The number of fused-ring (bicyclic) bond motifs is 1. The van der Waals surface area contributed by atoms with Crippen molar-refractivity contribution in [1.29, 1.82) is 0 Å². The van der Waals surface area contributed by atoms with E-state index in [1.807, 2.05) is 31.4 Å². The van der Waals surface area contributed by atoms with Crippen molar-refractivity contribution >= 4 is 33.2 Å². The number of anilines is 1. The summed E-state index contributed by atoms with van der Waals surface area (Å²) < 4.78 is 2.70. The minimum absolute atomic E-state index is 0.208. The summed E-state index contributed by atoms with van der Waals surface area (Å²) in [5.74, 6) is 0.436. The molecule has 0 bridgehead atoms. The Kier molecular flexibility index (Phi) is 4.52. The number of hydrogen-bond donors (Lipinski definition) is 1. The van der Waals surface area contributed by atoms with Crippen LogP contribution >= 0.6 is 15.9 Å². The van der Waals surface area contributed by atoms with Crippen molar-refractivity contribution < 1.29 is 9.63 Å². The molecule has 0 amide bonds. The first-order valence-electron chi connectivity index (χ1n) is 8.02. The molecule has 0 radical (unpaired) electrons. The topological polar surface area (TPSA) is 85.8 Å². The highest BCUT2D eigenvalue weighted by Gasteiger charge is 2.31. The molecule has 2 N–H and O–H groups in total. The summed E-state index contributed by atoms with van der Waals surface area (Å²) in [6, 6.07) is 2.03. The average molecular weight is 396 g/mol. The van der Waals surface area contributed by atoms with E-state index in [1.54, 1.807) is 5.06 Å². The Labute approximate surface area is 149 Å². The van der Waals surface area contributed by atoms with Gasteiger partial charge >= 0.3 is 5.97 Å². The number of piperidine rings is 1. The van der Waals surface area contributed by atoms with Crippen LogP contribution < -0.4 is 5.73 Å². The minimum Gasteiger partial charge on any atom is -0.382 e. The maximum Gasteiger partial charge on any atom is 0.330 e. The van der Waals surface area contributed by atoms with Crippen LogP contribution in [0.3, 0.4) is 0 Å². The van der Waals surface area contributed by atoms with E-state index in [0.29, 0.717) is 12.4 Å². The summed E-state index contributed by atoms with van der Waals surface area (Å²) in [5.41, 5.74) is 7.26. The molecule has 1 unspecified atom stereocenters. The third-order valence-corrected chi connectivity index (χ3v) is 4.80. The largest absolute Gasteiger partial charge is 0.382 e. The van der Waals surface area contributed by atoms with Crippen LogP contribution in [0.2, 0.25) is 0 Å². The van der Waals surface area contributed by atoms with Crippen molar-refractivity contribution in [3.63, 3.8) is 0 Å². The molecule has 1 fully saturated rings. The normalized spacial score (nSPS) is 19.6. The Morgan fingerprint density at radius 2 is 2.21 bits per heavy atom. The van der Waals surface area contributed by atoms with Gasteiger partial charge in [-0.05, 0) is 55.6 Å². The van der Waals surface area contributed by atoms with Gasteiger partial charge in [0.2, 0.25) is 0 Å². The maximum absolute atomic E-state index is 12.1. The lowest BCUT2D eigenvalue weighted by Crippen LogP contribution is -2.39. The van der Waals surface area contributed by atoms with E-state index in [2.05, 4.69) is 26.0 Å². The first-order valence-corrected chi connectivity index (χ1v) is 8.81. The zero-order valence-corrected chi connectivity index (χ0v) is 15.7. The Morgan fingerprint density at radius 1 is 1.46 bits per heavy atom. The second-order valence-corrected chi connectivity index (χ2v) is 8.03. The zero-order chi connectivity index (χ0) is 17.5. The summed E-state index contributed by atoms with van der Waals surface area (Å²) in [4.78, 5) is 21.7. The van der Waals surface area contributed by atoms with E-state index in [4.69, 9.17) is 10.6 Å². The molecule has 1 aliphatic heterocycles. The van der Waals surface area contributed by atoms with E-state index in [9.17, 15) is 4.79 Å². The van der Waals surface area contributed by atoms with Crippen molar-refractivity contribution in [3.8, 4) is 0 Å². The first kappa shape index (κ1) is 17.2. The SMILES string of the molecule is CC(C)(C)C(=O)ON1CCCC(c2cc(Br)c3c(N)ncnn23)C1. The molecule has 1 saturated heterocycles. The number of carbonyl (C=O) groups is 1. The zero-order valence-electron chi connectivity index (χ0n) is 14.1. The van der Waals surface area contributed by atoms with Gasteiger partial charge in [0.05, 0.1) is 5.41 Å². The molecule has 2 aromatic rings. The van der Waals surface area contributed by atoms with E-state index < -0.39 is 5.41 Å². The fraction of sp³-hybridized carbons (Fsp3) is 0.562. The number of halogens is 1. The van der Waals surface area contributed by atoms with Crippen LogP contribution in [0.15, 0.2) is 16.9 Å². The lowest BCUT2D eigenvalue weighted by molar-refractivity contribution is -0.205. The predicted octanol–water partition coefficient (Wildman–Crippen LogP) is 2.76. The summed E-state index contributed by atoms with van der Waals surface area (Å²) in [7, 11) is 0. The Morgan fingerprint density at radius 3 is 2.92 bits per heavy atom. The number of hydrogen-bond acceptors (Lipinski definition) is 6. The molecule has 0 spiro atoms. The van der Waals surface area contributed by atoms with Crippen LogP contribution in [0.5, 0.6) is 0 Å². The molecule has 130 valence electrons. The number of hydroxylamine groups is 2. The van der Waals surface area contributed by atoms with Gasteiger partial charge in [-0.15, -0.1) is 5.06 Å². The van der Waals surface area contributed by atoms with Crippen molar-refractivity contribution in [2.75, 3.05) is 18.8 Å². The van der Waals surface area contributed by atoms with Gasteiger partial charge < -0.3 is 10.6 Å². The van der Waals surface area contributed by atoms with Gasteiger partial charge in [-0.2, -0.15) is 5.10 Å². The number of nitrogens with two attached hydrogens (primary N) is 1. The van der Waals surface area contributed by atoms with Crippen LogP contribution in [0.1, 0.15) is 45.2 Å². The summed E-state index contributed by atoms with van der Waals surface area (Å²) in [5, 5.41) is 6.10. The van der Waals surface area contributed by atoms with Crippen LogP contribution in [-0.2, 0) is 9.63 Å². The monoisotopic (exact) mass is 395 g/mol. The molecule has 8 heteroatoms. The Balaban J connectivity index is 1.83. The predicted molar refractivity (Wildman–Crippen MR) is 94.2 cm³/mol. The molecule has 0 aliphatic carbocycles. The number of nitrogens with zero attached hydrogens (tertiary/aromatic N) is 4. The van der Waals surface area contributed by atoms with Crippen LogP contribution in [0, 0.1) is 5.41 Å². The Bertz CT molecular complexity index is 768. The summed E-state index contributed by atoms with van der Waals surface area (Å²) in [6.07, 6.45) is 3.41. The molecule has 2 aromatic heterocycles. The van der Waals surface area contributed by atoms with Gasteiger partial charge in [0.15, 0.2) is 5.82 Å². The summed E-state index contributed by atoms with van der Waals surface area (Å²) in [6.45, 7) is 6.96. The highest BCUT2D eigenvalue weighted by atomic mass is 79.9. The van der Waals surface area contributed by atoms with Gasteiger partial charge in [-0.1, -0.05) is 0 Å². The first-order chi connectivity index (χ1) is 11.3. The van der Waals surface area contributed by atoms with E-state index in [1.165, 1.54) is 6.33 Å². The van der Waals surface area contributed by atoms with Crippen molar-refractivity contribution in [2.45, 2.75) is 39.5 Å². The quantitative estimate of drug-likeness (QED) is 0.840. The van der Waals surface area contributed by atoms with E-state index >= 15 is 0 Å². The minimum atomic E-state index is -0.514. The van der Waals surface area contributed by atoms with Crippen molar-refractivity contribution in [3.05, 3.63) is 22.6 Å². The molecule has 1 atom stereocenters. The van der Waals surface area contributed by atoms with Gasteiger partial charge in [0.1, 0.15) is 11.8 Å². The molecule has 3 heterocycles. The van der Waals surface area contributed by atoms with Gasteiger partial charge in [-0.3, -0.25) is 0 Å². The standard InChI is InChI=1S/C16H22BrN5O2/c1-16(2,3)15(23)24-21-6-4-5-10(8-21)12-7-11(17)13-14(18)19-9-20-22(12)13/h7,9-10H,4-6,8H2,1-3H3,(H2,18,19,20). The molecule has 1 aliphatic rings. The van der Waals surface area contributed by atoms with Gasteiger partial charge in [0.25, 0.3) is 0 Å². The highest BCUT2D eigenvalue weighted by molar-refractivity contribution is 9.10. The third kappa shape index (κ3) is 3.25. The number of nitrogen functional groups attached to an aromatic ring is 1. The van der Waals surface area contributed by atoms with Gasteiger partial charge in [-0.25, -0.2) is 14.3 Å². The van der Waals surface area contributed by atoms with Crippen LogP contribution in [0.25, 0.3) is 5.52 Å². The van der Waals surface area contributed by atoms with E-state index in [0.717, 1.165) is 35.1 Å². The van der Waals surface area contributed by atoms with Crippen molar-refractivity contribution in [2.24, 2.45) is 5.41 Å². The van der Waals surface area contributed by atoms with E-state index in [-0.39, 0.29) is 11.9 Å².